The molecule has 1 aromatic carbocycles. The molecule has 0 amide bonds. The normalized spacial score (nSPS) is 35.3. The molecule has 2 aliphatic rings. The minimum absolute atomic E-state index is 0.0222. The maximum Gasteiger partial charge on any atom is 0.120 e. The molecular weight excluding hydrogens is 232 g/mol. The minimum atomic E-state index is -0.0222. The summed E-state index contributed by atoms with van der Waals surface area (Å²) in [5.41, 5.74) is 1.39. The molecule has 2 aliphatic carbocycles. The Hall–Kier alpha value is -1.24. The molecule has 0 N–H and O–H groups in total. The summed E-state index contributed by atoms with van der Waals surface area (Å²) in [4.78, 5) is 0. The Bertz CT molecular complexity index is 485. The molecule has 1 nitrogen and oxygen atoms in total. The fourth-order valence-corrected chi connectivity index (χ4v) is 4.20. The molecule has 1 heteroatoms. The second kappa shape index (κ2) is 4.13. The fourth-order valence-electron chi connectivity index (χ4n) is 4.20. The van der Waals surface area contributed by atoms with Crippen molar-refractivity contribution in [2.75, 3.05) is 0 Å². The Morgan fingerprint density at radius 2 is 1.74 bits per heavy atom. The first kappa shape index (κ1) is 12.8. The summed E-state index contributed by atoms with van der Waals surface area (Å²) in [5, 5.41) is 0. The van der Waals surface area contributed by atoms with E-state index in [4.69, 9.17) is 4.74 Å². The Kier molecular flexibility index (Phi) is 2.78. The molecule has 2 fully saturated rings. The van der Waals surface area contributed by atoms with Gasteiger partial charge in [-0.05, 0) is 55.7 Å². The van der Waals surface area contributed by atoms with Crippen LogP contribution in [0.1, 0.15) is 45.6 Å². The molecule has 1 aromatic rings. The highest BCUT2D eigenvalue weighted by molar-refractivity contribution is 5.48. The number of fused-ring (bicyclic) bond motifs is 2. The number of benzene rings is 1. The van der Waals surface area contributed by atoms with Crippen molar-refractivity contribution < 1.29 is 4.74 Å². The van der Waals surface area contributed by atoms with Crippen LogP contribution in [0.25, 0.3) is 6.08 Å². The number of hydrogen-bond acceptors (Lipinski definition) is 1. The molecule has 3 atom stereocenters. The fraction of sp³-hybridized carbons (Fsp3) is 0.556. The Labute approximate surface area is 116 Å². The van der Waals surface area contributed by atoms with Gasteiger partial charge in [0.15, 0.2) is 0 Å². The maximum absolute atomic E-state index is 6.48. The molecule has 0 spiro atoms. The summed E-state index contributed by atoms with van der Waals surface area (Å²) < 4.78 is 6.48. The monoisotopic (exact) mass is 256 g/mol. The van der Waals surface area contributed by atoms with E-state index in [0.717, 1.165) is 17.2 Å². The Morgan fingerprint density at radius 1 is 1.11 bits per heavy atom. The third-order valence-electron chi connectivity index (χ3n) is 5.96. The molecule has 0 aromatic heterocycles. The SMILES string of the molecule is C=Cc1ccc(OC2(C)C3CCC(C3)C2(C)C)cc1. The van der Waals surface area contributed by atoms with Crippen molar-refractivity contribution in [3.05, 3.63) is 36.4 Å². The zero-order valence-corrected chi connectivity index (χ0v) is 12.3. The van der Waals surface area contributed by atoms with Crippen molar-refractivity contribution in [3.63, 3.8) is 0 Å². The predicted octanol–water partition coefficient (Wildman–Crippen LogP) is 4.92. The van der Waals surface area contributed by atoms with Crippen LogP contribution in [0.15, 0.2) is 30.8 Å². The first-order valence-corrected chi connectivity index (χ1v) is 7.39. The van der Waals surface area contributed by atoms with E-state index >= 15 is 0 Å². The third kappa shape index (κ3) is 1.74. The van der Waals surface area contributed by atoms with Crippen LogP contribution in [0.3, 0.4) is 0 Å². The molecule has 0 saturated heterocycles. The molecule has 0 radical (unpaired) electrons. The van der Waals surface area contributed by atoms with Gasteiger partial charge in [-0.1, -0.05) is 38.6 Å². The largest absolute Gasteiger partial charge is 0.487 e. The second-order valence-corrected chi connectivity index (χ2v) is 6.91. The van der Waals surface area contributed by atoms with Crippen LogP contribution < -0.4 is 4.74 Å². The van der Waals surface area contributed by atoms with Crippen LogP contribution in [0.2, 0.25) is 0 Å². The first-order chi connectivity index (χ1) is 8.97. The lowest BCUT2D eigenvalue weighted by molar-refractivity contribution is -0.0686. The summed E-state index contributed by atoms with van der Waals surface area (Å²) in [5.74, 6) is 2.54. The molecule has 102 valence electrons. The summed E-state index contributed by atoms with van der Waals surface area (Å²) in [6, 6.07) is 8.30. The third-order valence-corrected chi connectivity index (χ3v) is 5.96. The average molecular weight is 256 g/mol. The van der Waals surface area contributed by atoms with Crippen molar-refractivity contribution in [3.8, 4) is 5.75 Å². The number of rotatable bonds is 3. The topological polar surface area (TPSA) is 9.23 Å². The zero-order valence-electron chi connectivity index (χ0n) is 12.3. The molecule has 0 aliphatic heterocycles. The van der Waals surface area contributed by atoms with Gasteiger partial charge >= 0.3 is 0 Å². The summed E-state index contributed by atoms with van der Waals surface area (Å²) >= 11 is 0. The van der Waals surface area contributed by atoms with Crippen molar-refractivity contribution in [1.82, 2.24) is 0 Å². The standard InChI is InChI=1S/C18H24O/c1-5-13-6-10-16(11-7-13)19-18(4)15-9-8-14(12-15)17(18,2)3/h5-7,10-11,14-15H,1,8-9,12H2,2-4H3. The van der Waals surface area contributed by atoms with Gasteiger partial charge in [0.25, 0.3) is 0 Å². The smallest absolute Gasteiger partial charge is 0.120 e. The molecule has 0 heterocycles. The van der Waals surface area contributed by atoms with Crippen molar-refractivity contribution >= 4 is 6.08 Å². The highest BCUT2D eigenvalue weighted by atomic mass is 16.5. The Morgan fingerprint density at radius 3 is 2.26 bits per heavy atom. The average Bonchev–Trinajstić information content (AvgIpc) is 2.94. The van der Waals surface area contributed by atoms with Gasteiger partial charge in [0.05, 0.1) is 0 Å². The van der Waals surface area contributed by atoms with Crippen molar-refractivity contribution in [2.45, 2.75) is 45.6 Å². The lowest BCUT2D eigenvalue weighted by Crippen LogP contribution is -2.51. The molecule has 19 heavy (non-hydrogen) atoms. The van der Waals surface area contributed by atoms with Crippen LogP contribution in [-0.2, 0) is 0 Å². The van der Waals surface area contributed by atoms with Crippen LogP contribution >= 0.6 is 0 Å². The van der Waals surface area contributed by atoms with Gasteiger partial charge in [-0.2, -0.15) is 0 Å². The summed E-state index contributed by atoms with van der Waals surface area (Å²) in [6.45, 7) is 10.9. The van der Waals surface area contributed by atoms with Gasteiger partial charge < -0.3 is 4.74 Å². The van der Waals surface area contributed by atoms with E-state index in [1.165, 1.54) is 19.3 Å². The lowest BCUT2D eigenvalue weighted by atomic mass is 9.66. The Balaban J connectivity index is 1.87. The van der Waals surface area contributed by atoms with Crippen molar-refractivity contribution in [2.24, 2.45) is 17.3 Å². The second-order valence-electron chi connectivity index (χ2n) is 6.91. The van der Waals surface area contributed by atoms with Gasteiger partial charge in [-0.25, -0.2) is 0 Å². The van der Waals surface area contributed by atoms with E-state index in [-0.39, 0.29) is 11.0 Å². The number of hydrogen-bond donors (Lipinski definition) is 0. The van der Waals surface area contributed by atoms with E-state index in [0.29, 0.717) is 5.92 Å². The van der Waals surface area contributed by atoms with E-state index in [1.54, 1.807) is 0 Å². The van der Waals surface area contributed by atoms with Crippen molar-refractivity contribution in [1.29, 1.82) is 0 Å². The van der Waals surface area contributed by atoms with E-state index in [1.807, 2.05) is 6.08 Å². The number of ether oxygens (including phenoxy) is 1. The molecular formula is C18H24O. The van der Waals surface area contributed by atoms with Crippen LogP contribution in [0.4, 0.5) is 0 Å². The van der Waals surface area contributed by atoms with Gasteiger partial charge in [0.1, 0.15) is 11.4 Å². The van der Waals surface area contributed by atoms with Crippen LogP contribution in [-0.4, -0.2) is 5.60 Å². The highest BCUT2D eigenvalue weighted by Gasteiger charge is 2.62. The zero-order chi connectivity index (χ0) is 13.7. The van der Waals surface area contributed by atoms with E-state index in [9.17, 15) is 0 Å². The maximum atomic E-state index is 6.48. The van der Waals surface area contributed by atoms with Gasteiger partial charge in [0.2, 0.25) is 0 Å². The quantitative estimate of drug-likeness (QED) is 0.745. The molecule has 3 rings (SSSR count). The first-order valence-electron chi connectivity index (χ1n) is 7.39. The van der Waals surface area contributed by atoms with Gasteiger partial charge in [0, 0.05) is 5.41 Å². The molecule has 2 bridgehead atoms. The van der Waals surface area contributed by atoms with Crippen LogP contribution in [0, 0.1) is 17.3 Å². The molecule has 2 saturated carbocycles. The predicted molar refractivity (Wildman–Crippen MR) is 80.2 cm³/mol. The van der Waals surface area contributed by atoms with Gasteiger partial charge in [-0.15, -0.1) is 0 Å². The van der Waals surface area contributed by atoms with Crippen LogP contribution in [0.5, 0.6) is 5.75 Å². The highest BCUT2D eigenvalue weighted by Crippen LogP contribution is 2.62. The summed E-state index contributed by atoms with van der Waals surface area (Å²) in [7, 11) is 0. The lowest BCUT2D eigenvalue weighted by Gasteiger charge is -2.47. The summed E-state index contributed by atoms with van der Waals surface area (Å²) in [6.07, 6.45) is 5.92. The molecule has 3 unspecified atom stereocenters. The minimum Gasteiger partial charge on any atom is -0.487 e. The van der Waals surface area contributed by atoms with E-state index in [2.05, 4.69) is 51.6 Å². The van der Waals surface area contributed by atoms with E-state index < -0.39 is 0 Å². The van der Waals surface area contributed by atoms with Gasteiger partial charge in [-0.3, -0.25) is 0 Å².